The van der Waals surface area contributed by atoms with Crippen LogP contribution in [0.2, 0.25) is 0 Å². The lowest BCUT2D eigenvalue weighted by molar-refractivity contribution is 0.0866. The van der Waals surface area contributed by atoms with E-state index < -0.39 is 11.8 Å². The first-order valence-electron chi connectivity index (χ1n) is 11.0. The smallest absolute Gasteiger partial charge is 0.277 e. The van der Waals surface area contributed by atoms with E-state index in [1.165, 1.54) is 6.26 Å². The maximum absolute atomic E-state index is 12.8. The number of nitrogens with two attached hydrogens (primary N) is 1. The number of carbonyl (C=O) groups excluding carboxylic acids is 2. The van der Waals surface area contributed by atoms with Crippen LogP contribution in [0.5, 0.6) is 0 Å². The van der Waals surface area contributed by atoms with Crippen molar-refractivity contribution in [2.75, 3.05) is 18.4 Å². The molecule has 1 fully saturated rings. The molecule has 4 rings (SSSR count). The zero-order valence-electron chi connectivity index (χ0n) is 19.3. The third-order valence-electron chi connectivity index (χ3n) is 5.88. The van der Waals surface area contributed by atoms with Gasteiger partial charge in [-0.2, -0.15) is 5.10 Å². The van der Waals surface area contributed by atoms with E-state index in [9.17, 15) is 9.59 Å². The maximum Gasteiger partial charge on any atom is 0.277 e. The van der Waals surface area contributed by atoms with E-state index in [-0.39, 0.29) is 28.7 Å². The molecular formula is C23H29N7O3. The lowest BCUT2D eigenvalue weighted by Gasteiger charge is -2.40. The predicted molar refractivity (Wildman–Crippen MR) is 123 cm³/mol. The van der Waals surface area contributed by atoms with Crippen molar-refractivity contribution >= 4 is 17.5 Å². The molecule has 2 amide bonds. The molecule has 0 aliphatic carbocycles. The maximum atomic E-state index is 12.8. The van der Waals surface area contributed by atoms with Gasteiger partial charge in [-0.3, -0.25) is 24.2 Å². The van der Waals surface area contributed by atoms with Gasteiger partial charge in [-0.15, -0.1) is 0 Å². The molecule has 0 spiro atoms. The number of hydrogen-bond donors (Lipinski definition) is 2. The number of carbonyl (C=O) groups is 2. The molecule has 33 heavy (non-hydrogen) atoms. The van der Waals surface area contributed by atoms with Crippen molar-refractivity contribution in [1.82, 2.24) is 24.6 Å². The van der Waals surface area contributed by atoms with E-state index in [0.717, 1.165) is 31.6 Å². The molecular weight excluding hydrogens is 422 g/mol. The Labute approximate surface area is 192 Å². The second kappa shape index (κ2) is 8.78. The average Bonchev–Trinajstić information content (AvgIpc) is 3.41. The average molecular weight is 452 g/mol. The topological polar surface area (TPSA) is 132 Å². The molecule has 3 aromatic rings. The number of aromatic nitrogens is 4. The van der Waals surface area contributed by atoms with Crippen LogP contribution in [0.15, 0.2) is 35.2 Å². The normalized spacial score (nSPS) is 15.5. The molecule has 174 valence electrons. The number of hydrogen-bond acceptors (Lipinski definition) is 7. The summed E-state index contributed by atoms with van der Waals surface area (Å²) in [5, 5.41) is 7.10. The van der Waals surface area contributed by atoms with Gasteiger partial charge in [0.05, 0.1) is 11.7 Å². The lowest BCUT2D eigenvalue weighted by Crippen LogP contribution is -2.46. The van der Waals surface area contributed by atoms with Gasteiger partial charge in [0, 0.05) is 42.3 Å². The Balaban J connectivity index is 1.50. The van der Waals surface area contributed by atoms with Crippen molar-refractivity contribution in [3.05, 3.63) is 47.9 Å². The fraction of sp³-hybridized carbons (Fsp3) is 0.435. The van der Waals surface area contributed by atoms with Crippen molar-refractivity contribution in [2.24, 2.45) is 5.73 Å². The monoisotopic (exact) mass is 451 g/mol. The molecule has 0 unspecified atom stereocenters. The summed E-state index contributed by atoms with van der Waals surface area (Å²) < 4.78 is 7.20. The van der Waals surface area contributed by atoms with Crippen LogP contribution in [0, 0.1) is 6.92 Å². The van der Waals surface area contributed by atoms with E-state index in [0.29, 0.717) is 11.5 Å². The zero-order chi connectivity index (χ0) is 23.8. The number of likely N-dealkylation sites (tertiary alicyclic amines) is 1. The van der Waals surface area contributed by atoms with Crippen molar-refractivity contribution < 1.29 is 14.0 Å². The van der Waals surface area contributed by atoms with Gasteiger partial charge in [-0.05, 0) is 52.7 Å². The highest BCUT2D eigenvalue weighted by atomic mass is 16.3. The third-order valence-corrected chi connectivity index (χ3v) is 5.88. The summed E-state index contributed by atoms with van der Waals surface area (Å²) in [5.41, 5.74) is 7.53. The molecule has 0 atom stereocenters. The van der Waals surface area contributed by atoms with E-state index in [2.05, 4.69) is 46.1 Å². The highest BCUT2D eigenvalue weighted by Gasteiger charge is 2.29. The standard InChI is InChI=1S/C23H29N7O3/c1-14-11-15(5-8-25-14)22-27-18(13-33-22)21(32)26-17-12-30(28-19(17)20(24)31)16-6-9-29(10-7-16)23(2,3)4/h5,8,11-13,16H,6-7,9-10H2,1-4H3,(H2,24,31)(H,26,32). The Bertz CT molecular complexity index is 1170. The molecule has 10 nitrogen and oxygen atoms in total. The third kappa shape index (κ3) is 4.95. The molecule has 0 saturated carbocycles. The second-order valence-electron chi connectivity index (χ2n) is 9.30. The number of pyridine rings is 1. The van der Waals surface area contributed by atoms with Crippen LogP contribution >= 0.6 is 0 Å². The number of anilines is 1. The Morgan fingerprint density at radius 2 is 1.97 bits per heavy atom. The summed E-state index contributed by atoms with van der Waals surface area (Å²) in [6.45, 7) is 10.3. The number of rotatable bonds is 5. The van der Waals surface area contributed by atoms with Crippen LogP contribution in [-0.2, 0) is 0 Å². The lowest BCUT2D eigenvalue weighted by atomic mass is 9.98. The molecule has 0 aromatic carbocycles. The summed E-state index contributed by atoms with van der Waals surface area (Å²) in [4.78, 5) is 35.6. The largest absolute Gasteiger partial charge is 0.444 e. The van der Waals surface area contributed by atoms with Gasteiger partial charge in [0.25, 0.3) is 11.8 Å². The van der Waals surface area contributed by atoms with Gasteiger partial charge >= 0.3 is 0 Å². The highest BCUT2D eigenvalue weighted by Crippen LogP contribution is 2.28. The van der Waals surface area contributed by atoms with Crippen LogP contribution in [0.1, 0.15) is 66.3 Å². The number of aryl methyl sites for hydroxylation is 1. The van der Waals surface area contributed by atoms with Gasteiger partial charge in [0.15, 0.2) is 11.4 Å². The van der Waals surface area contributed by atoms with Gasteiger partial charge in [-0.1, -0.05) is 0 Å². The first kappa shape index (κ1) is 22.7. The van der Waals surface area contributed by atoms with Gasteiger partial charge in [0.1, 0.15) is 6.26 Å². The minimum Gasteiger partial charge on any atom is -0.444 e. The molecule has 3 N–H and O–H groups in total. The molecule has 3 aromatic heterocycles. The number of amides is 2. The van der Waals surface area contributed by atoms with Crippen LogP contribution in [0.25, 0.3) is 11.5 Å². The summed E-state index contributed by atoms with van der Waals surface area (Å²) in [5.74, 6) is -0.910. The van der Waals surface area contributed by atoms with E-state index in [1.54, 1.807) is 23.1 Å². The Morgan fingerprint density at radius 1 is 1.24 bits per heavy atom. The second-order valence-corrected chi connectivity index (χ2v) is 9.30. The zero-order valence-corrected chi connectivity index (χ0v) is 19.3. The van der Waals surface area contributed by atoms with Crippen LogP contribution in [0.4, 0.5) is 5.69 Å². The quantitative estimate of drug-likeness (QED) is 0.609. The Kier molecular flexibility index (Phi) is 6.03. The van der Waals surface area contributed by atoms with Gasteiger partial charge < -0.3 is 15.5 Å². The molecule has 10 heteroatoms. The fourth-order valence-electron chi connectivity index (χ4n) is 4.03. The first-order valence-corrected chi connectivity index (χ1v) is 11.0. The number of nitrogens with one attached hydrogen (secondary N) is 1. The van der Waals surface area contributed by atoms with Crippen LogP contribution < -0.4 is 11.1 Å². The minimum absolute atomic E-state index is 0.0232. The van der Waals surface area contributed by atoms with Crippen molar-refractivity contribution in [2.45, 2.75) is 52.1 Å². The fourth-order valence-corrected chi connectivity index (χ4v) is 4.03. The molecule has 4 heterocycles. The Morgan fingerprint density at radius 3 is 2.61 bits per heavy atom. The molecule has 0 radical (unpaired) electrons. The van der Waals surface area contributed by atoms with Crippen molar-refractivity contribution in [1.29, 1.82) is 0 Å². The van der Waals surface area contributed by atoms with E-state index >= 15 is 0 Å². The van der Waals surface area contributed by atoms with E-state index in [4.69, 9.17) is 10.2 Å². The number of piperidine rings is 1. The van der Waals surface area contributed by atoms with Crippen LogP contribution in [0.3, 0.4) is 0 Å². The summed E-state index contributed by atoms with van der Waals surface area (Å²) in [7, 11) is 0. The first-order chi connectivity index (χ1) is 15.6. The number of primary amides is 1. The summed E-state index contributed by atoms with van der Waals surface area (Å²) in [6, 6.07) is 3.69. The number of oxazole rings is 1. The minimum atomic E-state index is -0.704. The van der Waals surface area contributed by atoms with Gasteiger partial charge in [-0.25, -0.2) is 4.98 Å². The molecule has 1 saturated heterocycles. The van der Waals surface area contributed by atoms with E-state index in [1.807, 2.05) is 13.0 Å². The summed E-state index contributed by atoms with van der Waals surface area (Å²) in [6.07, 6.45) is 6.37. The van der Waals surface area contributed by atoms with Crippen molar-refractivity contribution in [3.8, 4) is 11.5 Å². The molecule has 0 bridgehead atoms. The van der Waals surface area contributed by atoms with Gasteiger partial charge in [0.2, 0.25) is 5.89 Å². The molecule has 1 aliphatic heterocycles. The van der Waals surface area contributed by atoms with Crippen molar-refractivity contribution in [3.63, 3.8) is 0 Å². The predicted octanol–water partition coefficient (Wildman–Crippen LogP) is 3.03. The summed E-state index contributed by atoms with van der Waals surface area (Å²) >= 11 is 0. The number of nitrogens with zero attached hydrogens (tertiary/aromatic N) is 5. The Hall–Kier alpha value is -3.53. The SMILES string of the molecule is Cc1cc(-c2nc(C(=O)Nc3cn(C4CCN(C(C)(C)C)CC4)nc3C(N)=O)co2)ccn1. The van der Waals surface area contributed by atoms with Crippen LogP contribution in [-0.4, -0.2) is 55.1 Å². The highest BCUT2D eigenvalue weighted by molar-refractivity contribution is 6.07. The molecule has 1 aliphatic rings.